The maximum absolute atomic E-state index is 11.5. The van der Waals surface area contributed by atoms with E-state index in [-0.39, 0.29) is 17.1 Å². The summed E-state index contributed by atoms with van der Waals surface area (Å²) in [7, 11) is -2.60. The lowest BCUT2D eigenvalue weighted by atomic mass is 9.53. The van der Waals surface area contributed by atoms with Crippen molar-refractivity contribution in [3.8, 4) is 11.5 Å². The highest BCUT2D eigenvalue weighted by atomic mass is 32.2. The Labute approximate surface area is 191 Å². The average molecular weight is 466 g/mol. The topological polar surface area (TPSA) is 105 Å². The van der Waals surface area contributed by atoms with Crippen LogP contribution in [0.15, 0.2) is 12.1 Å². The third-order valence-corrected chi connectivity index (χ3v) is 8.94. The number of ether oxygens (including phenoxy) is 2. The first-order valence-electron chi connectivity index (χ1n) is 11.6. The molecule has 2 saturated carbocycles. The summed E-state index contributed by atoms with van der Waals surface area (Å²) in [6, 6.07) is 3.76. The number of benzene rings is 1. The van der Waals surface area contributed by atoms with Crippen molar-refractivity contribution in [3.05, 3.63) is 23.3 Å². The van der Waals surface area contributed by atoms with Crippen LogP contribution in [0.1, 0.15) is 69.9 Å². The lowest BCUT2D eigenvalue weighted by molar-refractivity contribution is -0.143. The summed E-state index contributed by atoms with van der Waals surface area (Å²) in [6.07, 6.45) is 6.62. The highest BCUT2D eigenvalue weighted by Crippen LogP contribution is 2.64. The summed E-state index contributed by atoms with van der Waals surface area (Å²) in [5.74, 6) is 2.97. The predicted octanol–water partition coefficient (Wildman–Crippen LogP) is 3.95. The Morgan fingerprint density at radius 3 is 2.62 bits per heavy atom. The Balaban J connectivity index is 1.59. The van der Waals surface area contributed by atoms with Crippen molar-refractivity contribution in [1.29, 1.82) is 0 Å². The minimum atomic E-state index is -4.12. The van der Waals surface area contributed by atoms with E-state index in [9.17, 15) is 13.2 Å². The standard InChI is InChI=1S/C24H35NO6S/c1-14(13-30-15(2)26)20-7-8-21-18-6-5-16-11-23(31-32(25,27)28)22(29-4)12-19(16)17(18)9-10-24(20,21)3/h11-12,14,17-18,20-21H,5-10,13H2,1-4H3,(H2,25,27,28)/t14-,17?,18?,20?,21?,24-/m1/s1. The van der Waals surface area contributed by atoms with Gasteiger partial charge < -0.3 is 13.7 Å². The number of rotatable bonds is 6. The maximum atomic E-state index is 11.5. The van der Waals surface area contributed by atoms with Crippen LogP contribution in [0.3, 0.4) is 0 Å². The first-order valence-corrected chi connectivity index (χ1v) is 13.1. The van der Waals surface area contributed by atoms with Gasteiger partial charge in [0.15, 0.2) is 11.5 Å². The second kappa shape index (κ2) is 8.52. The maximum Gasteiger partial charge on any atom is 0.380 e. The summed E-state index contributed by atoms with van der Waals surface area (Å²) in [5.41, 5.74) is 2.66. The molecule has 0 amide bonds. The molecule has 32 heavy (non-hydrogen) atoms. The minimum absolute atomic E-state index is 0.160. The molecular weight excluding hydrogens is 430 g/mol. The van der Waals surface area contributed by atoms with E-state index in [4.69, 9.17) is 18.8 Å². The predicted molar refractivity (Wildman–Crippen MR) is 121 cm³/mol. The van der Waals surface area contributed by atoms with Gasteiger partial charge in [0.05, 0.1) is 13.7 Å². The number of esters is 1. The van der Waals surface area contributed by atoms with Crippen molar-refractivity contribution in [2.75, 3.05) is 13.7 Å². The van der Waals surface area contributed by atoms with Crippen molar-refractivity contribution >= 4 is 16.3 Å². The molecule has 0 heterocycles. The van der Waals surface area contributed by atoms with E-state index in [2.05, 4.69) is 13.8 Å². The van der Waals surface area contributed by atoms with Gasteiger partial charge in [-0.15, -0.1) is 0 Å². The SMILES string of the molecule is COc1cc2c(cc1OS(N)(=O)=O)CCC1C2CC[C@@]2(C)C1CCC2[C@H](C)COC(C)=O. The molecule has 0 saturated heterocycles. The summed E-state index contributed by atoms with van der Waals surface area (Å²) in [6.45, 7) is 6.66. The van der Waals surface area contributed by atoms with Gasteiger partial charge in [0.25, 0.3) is 0 Å². The van der Waals surface area contributed by atoms with Crippen molar-refractivity contribution in [3.63, 3.8) is 0 Å². The number of fused-ring (bicyclic) bond motifs is 5. The Bertz CT molecular complexity index is 992. The smallest absolute Gasteiger partial charge is 0.380 e. The molecule has 0 aromatic heterocycles. The van der Waals surface area contributed by atoms with Crippen molar-refractivity contribution in [2.24, 2.45) is 34.2 Å². The van der Waals surface area contributed by atoms with Crippen LogP contribution in [-0.4, -0.2) is 28.1 Å². The van der Waals surface area contributed by atoms with Gasteiger partial charge in [-0.25, -0.2) is 0 Å². The molecule has 0 radical (unpaired) electrons. The van der Waals surface area contributed by atoms with Gasteiger partial charge in [-0.2, -0.15) is 13.6 Å². The first kappa shape index (κ1) is 23.4. The van der Waals surface area contributed by atoms with E-state index < -0.39 is 10.3 Å². The number of nitrogens with two attached hydrogens (primary N) is 1. The van der Waals surface area contributed by atoms with E-state index in [1.807, 2.05) is 6.07 Å². The van der Waals surface area contributed by atoms with Crippen molar-refractivity contribution < 1.29 is 26.9 Å². The van der Waals surface area contributed by atoms with Gasteiger partial charge in [-0.3, -0.25) is 4.79 Å². The van der Waals surface area contributed by atoms with Crippen LogP contribution in [0.25, 0.3) is 0 Å². The molecule has 2 fully saturated rings. The largest absolute Gasteiger partial charge is 0.493 e. The lowest BCUT2D eigenvalue weighted by Crippen LogP contribution is -2.44. The molecule has 6 atom stereocenters. The third kappa shape index (κ3) is 4.23. The highest BCUT2D eigenvalue weighted by molar-refractivity contribution is 7.84. The first-order chi connectivity index (χ1) is 15.0. The van der Waals surface area contributed by atoms with Gasteiger partial charge in [-0.05, 0) is 96.8 Å². The molecular formula is C24H35NO6S. The van der Waals surface area contributed by atoms with E-state index in [0.717, 1.165) is 31.2 Å². The number of methoxy groups -OCH3 is 1. The summed E-state index contributed by atoms with van der Waals surface area (Å²) >= 11 is 0. The van der Waals surface area contributed by atoms with Gasteiger partial charge >= 0.3 is 16.3 Å². The molecule has 4 unspecified atom stereocenters. The molecule has 3 aliphatic rings. The van der Waals surface area contributed by atoms with E-state index in [1.54, 1.807) is 6.07 Å². The van der Waals surface area contributed by atoms with Crippen LogP contribution in [0.4, 0.5) is 0 Å². The Kier molecular flexibility index (Phi) is 6.22. The molecule has 0 aliphatic heterocycles. The molecule has 2 N–H and O–H groups in total. The monoisotopic (exact) mass is 465 g/mol. The number of hydrogen-bond donors (Lipinski definition) is 1. The normalized spacial score (nSPS) is 32.3. The van der Waals surface area contributed by atoms with Crippen LogP contribution in [0.5, 0.6) is 11.5 Å². The van der Waals surface area contributed by atoms with Crippen LogP contribution in [0, 0.1) is 29.1 Å². The highest BCUT2D eigenvalue weighted by Gasteiger charge is 2.55. The molecule has 1 aromatic rings. The Hall–Kier alpha value is -1.80. The van der Waals surface area contributed by atoms with Gasteiger partial charge in [0, 0.05) is 6.92 Å². The Morgan fingerprint density at radius 1 is 1.22 bits per heavy atom. The zero-order valence-electron chi connectivity index (χ0n) is 19.4. The molecule has 0 bridgehead atoms. The fourth-order valence-corrected chi connectivity index (χ4v) is 7.65. The quantitative estimate of drug-likeness (QED) is 0.638. The Morgan fingerprint density at radius 2 is 1.97 bits per heavy atom. The number of aryl methyl sites for hydroxylation is 1. The fourth-order valence-electron chi connectivity index (χ4n) is 7.27. The van der Waals surface area contributed by atoms with E-state index >= 15 is 0 Å². The summed E-state index contributed by atoms with van der Waals surface area (Å²) in [4.78, 5) is 11.3. The number of carbonyl (C=O) groups excluding carboxylic acids is 1. The molecule has 0 spiro atoms. The molecule has 4 rings (SSSR count). The van der Waals surface area contributed by atoms with Crippen LogP contribution in [-0.2, 0) is 26.3 Å². The zero-order chi connectivity index (χ0) is 23.3. The van der Waals surface area contributed by atoms with E-state index in [0.29, 0.717) is 41.9 Å². The second-order valence-corrected chi connectivity index (χ2v) is 11.4. The average Bonchev–Trinajstić information content (AvgIpc) is 3.07. The van der Waals surface area contributed by atoms with Gasteiger partial charge in [0.2, 0.25) is 0 Å². The fraction of sp³-hybridized carbons (Fsp3) is 0.708. The van der Waals surface area contributed by atoms with Crippen LogP contribution in [0.2, 0.25) is 0 Å². The molecule has 178 valence electrons. The lowest BCUT2D eigenvalue weighted by Gasteiger charge is -2.52. The van der Waals surface area contributed by atoms with Crippen molar-refractivity contribution in [2.45, 2.75) is 65.2 Å². The second-order valence-electron chi connectivity index (χ2n) is 10.2. The van der Waals surface area contributed by atoms with Crippen molar-refractivity contribution in [1.82, 2.24) is 0 Å². The summed E-state index contributed by atoms with van der Waals surface area (Å²) < 4.78 is 38.7. The van der Waals surface area contributed by atoms with Crippen LogP contribution >= 0.6 is 0 Å². The molecule has 1 aromatic carbocycles. The third-order valence-electron chi connectivity index (χ3n) is 8.52. The van der Waals surface area contributed by atoms with E-state index in [1.165, 1.54) is 32.4 Å². The zero-order valence-corrected chi connectivity index (χ0v) is 20.2. The molecule has 8 heteroatoms. The van der Waals surface area contributed by atoms with Gasteiger partial charge in [0.1, 0.15) is 0 Å². The summed E-state index contributed by atoms with van der Waals surface area (Å²) in [5, 5.41) is 5.09. The minimum Gasteiger partial charge on any atom is -0.493 e. The number of hydrogen-bond acceptors (Lipinski definition) is 6. The van der Waals surface area contributed by atoms with Crippen LogP contribution < -0.4 is 14.1 Å². The van der Waals surface area contributed by atoms with Gasteiger partial charge in [-0.1, -0.05) is 13.8 Å². The number of carbonyl (C=O) groups is 1. The molecule has 7 nitrogen and oxygen atoms in total. The molecule has 3 aliphatic carbocycles.